The van der Waals surface area contributed by atoms with Crippen molar-refractivity contribution in [3.8, 4) is 5.75 Å². The van der Waals surface area contributed by atoms with Gasteiger partial charge in [0.15, 0.2) is 0 Å². The van der Waals surface area contributed by atoms with Crippen LogP contribution in [0.4, 0.5) is 0 Å². The number of nitrogens with zero attached hydrogens (tertiary/aromatic N) is 1. The highest BCUT2D eigenvalue weighted by atomic mass is 16.5. The highest BCUT2D eigenvalue weighted by molar-refractivity contribution is 5.84. The van der Waals surface area contributed by atoms with Crippen LogP contribution < -0.4 is 10.5 Å². The normalized spacial score (nSPS) is 12.5. The Labute approximate surface area is 113 Å². The van der Waals surface area contributed by atoms with E-state index in [1.54, 1.807) is 6.20 Å². The minimum Gasteiger partial charge on any atom is -0.493 e. The molecule has 0 aliphatic rings. The molecule has 0 amide bonds. The number of hydrogen-bond donors (Lipinski definition) is 1. The van der Waals surface area contributed by atoms with Gasteiger partial charge in [-0.3, -0.25) is 4.98 Å². The molecule has 19 heavy (non-hydrogen) atoms. The van der Waals surface area contributed by atoms with Crippen molar-refractivity contribution in [2.75, 3.05) is 19.8 Å². The minimum absolute atomic E-state index is 0.0677. The average Bonchev–Trinajstić information content (AvgIpc) is 2.46. The summed E-state index contributed by atoms with van der Waals surface area (Å²) in [4.78, 5) is 4.31. The van der Waals surface area contributed by atoms with Crippen molar-refractivity contribution < 1.29 is 9.47 Å². The lowest BCUT2D eigenvalue weighted by molar-refractivity contribution is 0.0528. The number of benzene rings is 1. The van der Waals surface area contributed by atoms with Gasteiger partial charge in [0.05, 0.1) is 18.2 Å². The molecule has 0 saturated carbocycles. The first kappa shape index (κ1) is 13.8. The van der Waals surface area contributed by atoms with E-state index in [9.17, 15) is 0 Å². The van der Waals surface area contributed by atoms with E-state index in [0.717, 1.165) is 23.1 Å². The van der Waals surface area contributed by atoms with Gasteiger partial charge in [-0.25, -0.2) is 0 Å². The van der Waals surface area contributed by atoms with Gasteiger partial charge in [0, 0.05) is 31.2 Å². The van der Waals surface area contributed by atoms with E-state index in [-0.39, 0.29) is 6.10 Å². The molecule has 0 bridgehead atoms. The van der Waals surface area contributed by atoms with Gasteiger partial charge in [0.25, 0.3) is 0 Å². The van der Waals surface area contributed by atoms with E-state index in [2.05, 4.69) is 4.98 Å². The lowest BCUT2D eigenvalue weighted by Gasteiger charge is -2.15. The molecule has 0 aliphatic carbocycles. The second-order valence-corrected chi connectivity index (χ2v) is 4.28. The standard InChI is InChI=1S/C15H20N2O2/c1-2-18-12(11-16)8-10-19-15-7-3-6-14-13(15)5-4-9-17-14/h3-7,9,12H,2,8,10-11,16H2,1H3. The molecule has 1 aromatic heterocycles. The third kappa shape index (κ3) is 3.66. The molecule has 0 fully saturated rings. The average molecular weight is 260 g/mol. The molecular formula is C15H20N2O2. The smallest absolute Gasteiger partial charge is 0.128 e. The molecular weight excluding hydrogens is 240 g/mol. The Morgan fingerprint density at radius 3 is 2.95 bits per heavy atom. The molecule has 2 rings (SSSR count). The summed E-state index contributed by atoms with van der Waals surface area (Å²) in [5, 5.41) is 1.03. The maximum atomic E-state index is 5.82. The van der Waals surface area contributed by atoms with Gasteiger partial charge in [-0.05, 0) is 31.2 Å². The summed E-state index contributed by atoms with van der Waals surface area (Å²) in [7, 11) is 0. The zero-order valence-electron chi connectivity index (χ0n) is 11.2. The lowest BCUT2D eigenvalue weighted by atomic mass is 10.2. The van der Waals surface area contributed by atoms with Crippen molar-refractivity contribution in [1.29, 1.82) is 0 Å². The van der Waals surface area contributed by atoms with Crippen LogP contribution in [0.3, 0.4) is 0 Å². The fourth-order valence-electron chi connectivity index (χ4n) is 2.01. The first-order valence-electron chi connectivity index (χ1n) is 6.63. The summed E-state index contributed by atoms with van der Waals surface area (Å²) < 4.78 is 11.3. The number of pyridine rings is 1. The van der Waals surface area contributed by atoms with Crippen molar-refractivity contribution >= 4 is 10.9 Å². The second kappa shape index (κ2) is 7.07. The quantitative estimate of drug-likeness (QED) is 0.830. The van der Waals surface area contributed by atoms with Gasteiger partial charge in [-0.2, -0.15) is 0 Å². The Morgan fingerprint density at radius 1 is 1.26 bits per heavy atom. The SMILES string of the molecule is CCOC(CN)CCOc1cccc2ncccc12. The van der Waals surface area contributed by atoms with Gasteiger partial charge >= 0.3 is 0 Å². The second-order valence-electron chi connectivity index (χ2n) is 4.28. The Kier molecular flexibility index (Phi) is 5.12. The fraction of sp³-hybridized carbons (Fsp3) is 0.400. The summed E-state index contributed by atoms with van der Waals surface area (Å²) in [5.41, 5.74) is 6.58. The molecule has 1 atom stereocenters. The van der Waals surface area contributed by atoms with Crippen LogP contribution in [0, 0.1) is 0 Å². The topological polar surface area (TPSA) is 57.4 Å². The third-order valence-electron chi connectivity index (χ3n) is 2.97. The van der Waals surface area contributed by atoms with Crippen LogP contribution in [0.15, 0.2) is 36.5 Å². The van der Waals surface area contributed by atoms with Crippen molar-refractivity contribution in [1.82, 2.24) is 4.98 Å². The molecule has 1 unspecified atom stereocenters. The minimum atomic E-state index is 0.0677. The highest BCUT2D eigenvalue weighted by Gasteiger charge is 2.07. The molecule has 1 heterocycles. The highest BCUT2D eigenvalue weighted by Crippen LogP contribution is 2.23. The molecule has 4 nitrogen and oxygen atoms in total. The predicted molar refractivity (Wildman–Crippen MR) is 76.3 cm³/mol. The molecule has 0 saturated heterocycles. The Bertz CT molecular complexity index is 511. The van der Waals surface area contributed by atoms with Crippen LogP contribution in [0.25, 0.3) is 10.9 Å². The van der Waals surface area contributed by atoms with E-state index >= 15 is 0 Å². The number of nitrogens with two attached hydrogens (primary N) is 1. The first-order valence-corrected chi connectivity index (χ1v) is 6.63. The summed E-state index contributed by atoms with van der Waals surface area (Å²) in [6.07, 6.45) is 2.64. The van der Waals surface area contributed by atoms with E-state index < -0.39 is 0 Å². The van der Waals surface area contributed by atoms with E-state index in [0.29, 0.717) is 19.8 Å². The molecule has 2 N–H and O–H groups in total. The predicted octanol–water partition coefficient (Wildman–Crippen LogP) is 2.37. The molecule has 102 valence electrons. The van der Waals surface area contributed by atoms with E-state index in [4.69, 9.17) is 15.2 Å². The summed E-state index contributed by atoms with van der Waals surface area (Å²) in [6.45, 7) is 3.77. The number of aromatic nitrogens is 1. The number of ether oxygens (including phenoxy) is 2. The molecule has 4 heteroatoms. The van der Waals surface area contributed by atoms with Gasteiger partial charge < -0.3 is 15.2 Å². The van der Waals surface area contributed by atoms with E-state index in [1.165, 1.54) is 0 Å². The lowest BCUT2D eigenvalue weighted by Crippen LogP contribution is -2.25. The maximum Gasteiger partial charge on any atom is 0.128 e. The zero-order chi connectivity index (χ0) is 13.5. The molecule has 2 aromatic rings. The van der Waals surface area contributed by atoms with Crippen LogP contribution in [-0.2, 0) is 4.74 Å². The fourth-order valence-corrected chi connectivity index (χ4v) is 2.01. The Balaban J connectivity index is 1.98. The van der Waals surface area contributed by atoms with E-state index in [1.807, 2.05) is 37.3 Å². The van der Waals surface area contributed by atoms with Crippen molar-refractivity contribution in [2.24, 2.45) is 5.73 Å². The molecule has 1 aromatic carbocycles. The van der Waals surface area contributed by atoms with Gasteiger partial charge in [0.1, 0.15) is 5.75 Å². The maximum absolute atomic E-state index is 5.82. The van der Waals surface area contributed by atoms with Crippen LogP contribution in [0.1, 0.15) is 13.3 Å². The van der Waals surface area contributed by atoms with Crippen molar-refractivity contribution in [3.63, 3.8) is 0 Å². The van der Waals surface area contributed by atoms with Crippen LogP contribution in [0.2, 0.25) is 0 Å². The van der Waals surface area contributed by atoms with Crippen LogP contribution in [-0.4, -0.2) is 30.8 Å². The van der Waals surface area contributed by atoms with Crippen LogP contribution in [0.5, 0.6) is 5.75 Å². The van der Waals surface area contributed by atoms with Crippen molar-refractivity contribution in [2.45, 2.75) is 19.4 Å². The monoisotopic (exact) mass is 260 g/mol. The largest absolute Gasteiger partial charge is 0.493 e. The van der Waals surface area contributed by atoms with Gasteiger partial charge in [0.2, 0.25) is 0 Å². The van der Waals surface area contributed by atoms with Crippen LogP contribution >= 0.6 is 0 Å². The summed E-state index contributed by atoms with van der Waals surface area (Å²) in [5.74, 6) is 0.859. The summed E-state index contributed by atoms with van der Waals surface area (Å²) >= 11 is 0. The number of fused-ring (bicyclic) bond motifs is 1. The molecule has 0 aliphatic heterocycles. The molecule has 0 spiro atoms. The summed E-state index contributed by atoms with van der Waals surface area (Å²) in [6, 6.07) is 9.82. The Morgan fingerprint density at radius 2 is 2.16 bits per heavy atom. The van der Waals surface area contributed by atoms with Gasteiger partial charge in [-0.1, -0.05) is 6.07 Å². The number of hydrogen-bond acceptors (Lipinski definition) is 4. The Hall–Kier alpha value is -1.65. The zero-order valence-corrected chi connectivity index (χ0v) is 11.2. The molecule has 0 radical (unpaired) electrons. The number of rotatable bonds is 7. The van der Waals surface area contributed by atoms with Crippen molar-refractivity contribution in [3.05, 3.63) is 36.5 Å². The third-order valence-corrected chi connectivity index (χ3v) is 2.97. The van der Waals surface area contributed by atoms with Gasteiger partial charge in [-0.15, -0.1) is 0 Å². The first-order chi connectivity index (χ1) is 9.35.